The molecule has 3 heterocycles. The van der Waals surface area contributed by atoms with Crippen LogP contribution in [-0.2, 0) is 7.05 Å². The van der Waals surface area contributed by atoms with E-state index in [-0.39, 0.29) is 6.04 Å². The molecule has 4 aromatic rings. The summed E-state index contributed by atoms with van der Waals surface area (Å²) in [5, 5.41) is 7.60. The Morgan fingerprint density at radius 2 is 1.85 bits per heavy atom. The molecule has 1 atom stereocenters. The third-order valence-electron chi connectivity index (χ3n) is 4.84. The van der Waals surface area contributed by atoms with Crippen LogP contribution in [0.25, 0.3) is 22.6 Å². The number of rotatable bonds is 5. The predicted molar refractivity (Wildman–Crippen MR) is 106 cm³/mol. The zero-order valence-corrected chi connectivity index (χ0v) is 16.1. The maximum atomic E-state index is 4.79. The maximum Gasteiger partial charge on any atom is 0.131 e. The van der Waals surface area contributed by atoms with Crippen LogP contribution in [0.1, 0.15) is 31.4 Å². The number of imidazole rings is 2. The van der Waals surface area contributed by atoms with E-state index in [1.165, 1.54) is 0 Å². The molecular formula is C21H24N6. The SMILES string of the molecule is Cc1cc(-c2c(-c3ccccc3)ncn2[C@H](c2nccn2C)C(C)C)n[nH]1. The van der Waals surface area contributed by atoms with E-state index in [2.05, 4.69) is 56.4 Å². The molecule has 0 fully saturated rings. The number of aromatic amines is 1. The van der Waals surface area contributed by atoms with Crippen molar-refractivity contribution in [3.63, 3.8) is 0 Å². The van der Waals surface area contributed by atoms with E-state index in [1.807, 2.05) is 50.9 Å². The minimum atomic E-state index is 0.0574. The average molecular weight is 360 g/mol. The minimum Gasteiger partial charge on any atom is -0.336 e. The third kappa shape index (κ3) is 3.07. The van der Waals surface area contributed by atoms with Gasteiger partial charge in [0.15, 0.2) is 0 Å². The fourth-order valence-electron chi connectivity index (χ4n) is 3.58. The van der Waals surface area contributed by atoms with Crippen molar-refractivity contribution in [2.45, 2.75) is 26.8 Å². The maximum absolute atomic E-state index is 4.79. The Kier molecular flexibility index (Phi) is 4.39. The molecule has 0 radical (unpaired) electrons. The van der Waals surface area contributed by atoms with E-state index >= 15 is 0 Å². The fraction of sp³-hybridized carbons (Fsp3) is 0.286. The first-order valence-electron chi connectivity index (χ1n) is 9.18. The lowest BCUT2D eigenvalue weighted by atomic mass is 10.0. The molecule has 27 heavy (non-hydrogen) atoms. The largest absolute Gasteiger partial charge is 0.336 e. The van der Waals surface area contributed by atoms with Crippen LogP contribution in [0.3, 0.4) is 0 Å². The van der Waals surface area contributed by atoms with Crippen LogP contribution in [-0.4, -0.2) is 29.3 Å². The standard InChI is InChI=1S/C21H24N6/c1-14(2)19(21-22-10-11-26(21)4)27-13-23-18(16-8-6-5-7-9-16)20(27)17-12-15(3)24-25-17/h5-14,19H,1-4H3,(H,24,25)/t19-/m0/s1. The Hall–Kier alpha value is -3.15. The first kappa shape index (κ1) is 17.3. The van der Waals surface area contributed by atoms with Crippen LogP contribution in [0, 0.1) is 12.8 Å². The molecule has 138 valence electrons. The van der Waals surface area contributed by atoms with E-state index < -0.39 is 0 Å². The number of benzene rings is 1. The molecule has 0 amide bonds. The molecule has 0 bridgehead atoms. The van der Waals surface area contributed by atoms with Gasteiger partial charge in [0.05, 0.1) is 23.8 Å². The summed E-state index contributed by atoms with van der Waals surface area (Å²) < 4.78 is 4.29. The second-order valence-corrected chi connectivity index (χ2v) is 7.24. The second kappa shape index (κ2) is 6.87. The van der Waals surface area contributed by atoms with Gasteiger partial charge in [-0.15, -0.1) is 0 Å². The summed E-state index contributed by atoms with van der Waals surface area (Å²) in [5.74, 6) is 1.35. The van der Waals surface area contributed by atoms with Crippen LogP contribution >= 0.6 is 0 Å². The molecule has 0 saturated heterocycles. The number of hydrogen-bond acceptors (Lipinski definition) is 3. The van der Waals surface area contributed by atoms with E-state index in [0.29, 0.717) is 5.92 Å². The second-order valence-electron chi connectivity index (χ2n) is 7.24. The summed E-state index contributed by atoms with van der Waals surface area (Å²) in [7, 11) is 2.03. The molecule has 3 aromatic heterocycles. The molecule has 0 unspecified atom stereocenters. The van der Waals surface area contributed by atoms with Gasteiger partial charge in [-0.1, -0.05) is 44.2 Å². The van der Waals surface area contributed by atoms with Gasteiger partial charge in [-0.25, -0.2) is 9.97 Å². The Morgan fingerprint density at radius 1 is 1.07 bits per heavy atom. The number of nitrogens with one attached hydrogen (secondary N) is 1. The van der Waals surface area contributed by atoms with E-state index in [0.717, 1.165) is 34.2 Å². The number of hydrogen-bond donors (Lipinski definition) is 1. The highest BCUT2D eigenvalue weighted by Crippen LogP contribution is 2.36. The Labute approximate surface area is 158 Å². The van der Waals surface area contributed by atoms with Gasteiger partial charge in [0.2, 0.25) is 0 Å². The van der Waals surface area contributed by atoms with Crippen LogP contribution < -0.4 is 0 Å². The summed E-state index contributed by atoms with van der Waals surface area (Å²) in [4.78, 5) is 9.41. The average Bonchev–Trinajstić information content (AvgIpc) is 3.37. The van der Waals surface area contributed by atoms with Gasteiger partial charge in [-0.3, -0.25) is 5.10 Å². The molecule has 1 N–H and O–H groups in total. The van der Waals surface area contributed by atoms with Crippen molar-refractivity contribution in [2.75, 3.05) is 0 Å². The van der Waals surface area contributed by atoms with Crippen molar-refractivity contribution in [1.82, 2.24) is 29.3 Å². The highest BCUT2D eigenvalue weighted by Gasteiger charge is 2.27. The molecular weight excluding hydrogens is 336 g/mol. The van der Waals surface area contributed by atoms with Crippen LogP contribution in [0.4, 0.5) is 0 Å². The lowest BCUT2D eigenvalue weighted by Crippen LogP contribution is -2.20. The first-order chi connectivity index (χ1) is 13.1. The highest BCUT2D eigenvalue weighted by molar-refractivity contribution is 5.77. The molecule has 6 heteroatoms. The number of aromatic nitrogens is 6. The number of nitrogens with zero attached hydrogens (tertiary/aromatic N) is 5. The lowest BCUT2D eigenvalue weighted by Gasteiger charge is -2.24. The van der Waals surface area contributed by atoms with E-state index in [9.17, 15) is 0 Å². The molecule has 4 rings (SSSR count). The van der Waals surface area contributed by atoms with Crippen molar-refractivity contribution in [3.05, 3.63) is 66.6 Å². The molecule has 0 aliphatic carbocycles. The summed E-state index contributed by atoms with van der Waals surface area (Å²) in [6.07, 6.45) is 5.75. The quantitative estimate of drug-likeness (QED) is 0.579. The van der Waals surface area contributed by atoms with Gasteiger partial charge in [0, 0.05) is 30.7 Å². The summed E-state index contributed by atoms with van der Waals surface area (Å²) in [6, 6.07) is 12.4. The Morgan fingerprint density at radius 3 is 2.44 bits per heavy atom. The lowest BCUT2D eigenvalue weighted by molar-refractivity contribution is 0.410. The zero-order chi connectivity index (χ0) is 19.0. The topological polar surface area (TPSA) is 64.3 Å². The summed E-state index contributed by atoms with van der Waals surface area (Å²) in [5.41, 5.74) is 4.93. The summed E-state index contributed by atoms with van der Waals surface area (Å²) >= 11 is 0. The van der Waals surface area contributed by atoms with E-state index in [1.54, 1.807) is 0 Å². The van der Waals surface area contributed by atoms with Crippen LogP contribution in [0.5, 0.6) is 0 Å². The molecule has 0 spiro atoms. The normalized spacial score (nSPS) is 12.6. The summed E-state index contributed by atoms with van der Waals surface area (Å²) in [6.45, 7) is 6.43. The van der Waals surface area contributed by atoms with Gasteiger partial charge in [-0.2, -0.15) is 5.10 Å². The van der Waals surface area contributed by atoms with Crippen molar-refractivity contribution in [2.24, 2.45) is 13.0 Å². The molecule has 0 aliphatic heterocycles. The van der Waals surface area contributed by atoms with Crippen molar-refractivity contribution in [1.29, 1.82) is 0 Å². The monoisotopic (exact) mass is 360 g/mol. The number of H-pyrrole nitrogens is 1. The number of aryl methyl sites for hydroxylation is 2. The van der Waals surface area contributed by atoms with Gasteiger partial charge < -0.3 is 9.13 Å². The molecule has 1 aromatic carbocycles. The Balaban J connectivity index is 1.95. The van der Waals surface area contributed by atoms with Gasteiger partial charge in [0.1, 0.15) is 11.5 Å². The third-order valence-corrected chi connectivity index (χ3v) is 4.84. The Bertz CT molecular complexity index is 1040. The van der Waals surface area contributed by atoms with Crippen LogP contribution in [0.2, 0.25) is 0 Å². The van der Waals surface area contributed by atoms with Gasteiger partial charge in [0.25, 0.3) is 0 Å². The van der Waals surface area contributed by atoms with Gasteiger partial charge >= 0.3 is 0 Å². The molecule has 0 saturated carbocycles. The zero-order valence-electron chi connectivity index (χ0n) is 16.1. The smallest absolute Gasteiger partial charge is 0.131 e. The van der Waals surface area contributed by atoms with Crippen LogP contribution in [0.15, 0.2) is 55.1 Å². The fourth-order valence-corrected chi connectivity index (χ4v) is 3.58. The minimum absolute atomic E-state index is 0.0574. The van der Waals surface area contributed by atoms with Crippen molar-refractivity contribution >= 4 is 0 Å². The first-order valence-corrected chi connectivity index (χ1v) is 9.18. The van der Waals surface area contributed by atoms with Crippen molar-refractivity contribution in [3.8, 4) is 22.6 Å². The molecule has 6 nitrogen and oxygen atoms in total. The highest BCUT2D eigenvalue weighted by atomic mass is 15.2. The molecule has 0 aliphatic rings. The van der Waals surface area contributed by atoms with Crippen molar-refractivity contribution < 1.29 is 0 Å². The van der Waals surface area contributed by atoms with Gasteiger partial charge in [-0.05, 0) is 18.9 Å². The van der Waals surface area contributed by atoms with E-state index in [4.69, 9.17) is 4.98 Å². The predicted octanol–water partition coefficient (Wildman–Crippen LogP) is 4.23.